The van der Waals surface area contributed by atoms with Crippen molar-refractivity contribution in [3.05, 3.63) is 77.8 Å². The van der Waals surface area contributed by atoms with Gasteiger partial charge in [0.1, 0.15) is 17.3 Å². The van der Waals surface area contributed by atoms with E-state index in [9.17, 15) is 9.18 Å². The highest BCUT2D eigenvalue weighted by Gasteiger charge is 2.16. The molecule has 0 fully saturated rings. The van der Waals surface area contributed by atoms with E-state index in [1.54, 1.807) is 35.3 Å². The number of halogens is 1. The number of benzene rings is 1. The summed E-state index contributed by atoms with van der Waals surface area (Å²) in [4.78, 5) is 16.3. The highest BCUT2D eigenvalue weighted by molar-refractivity contribution is 5.80. The Morgan fingerprint density at radius 1 is 1.12 bits per heavy atom. The first-order valence-electron chi connectivity index (χ1n) is 10.4. The molecule has 0 saturated heterocycles. The molecule has 1 aromatic carbocycles. The number of nitrogens with zero attached hydrogens (tertiary/aromatic N) is 4. The minimum absolute atomic E-state index is 0.0548. The molecular weight excluding hydrogens is 409 g/mol. The molecule has 4 aromatic rings. The summed E-state index contributed by atoms with van der Waals surface area (Å²) in [6.07, 6.45) is 6.18. The summed E-state index contributed by atoms with van der Waals surface area (Å²) in [5.74, 6) is 0.359. The average molecular weight is 433 g/mol. The lowest BCUT2D eigenvalue weighted by Crippen LogP contribution is -2.27. The van der Waals surface area contributed by atoms with Crippen molar-refractivity contribution in [2.75, 3.05) is 6.54 Å². The Labute approximate surface area is 185 Å². The molecule has 0 radical (unpaired) electrons. The summed E-state index contributed by atoms with van der Waals surface area (Å²) in [5.41, 5.74) is 4.48. The molecule has 0 aliphatic carbocycles. The highest BCUT2D eigenvalue weighted by atomic mass is 19.1. The second-order valence-corrected chi connectivity index (χ2v) is 7.52. The fourth-order valence-electron chi connectivity index (χ4n) is 3.63. The third kappa shape index (κ3) is 4.74. The quantitative estimate of drug-likeness (QED) is 0.452. The molecule has 7 nitrogen and oxygen atoms in total. The highest BCUT2D eigenvalue weighted by Crippen LogP contribution is 2.32. The van der Waals surface area contributed by atoms with Crippen molar-refractivity contribution >= 4 is 5.91 Å². The van der Waals surface area contributed by atoms with Crippen LogP contribution in [0.3, 0.4) is 0 Å². The Morgan fingerprint density at radius 2 is 1.91 bits per heavy atom. The molecule has 0 atom stereocenters. The first-order valence-corrected chi connectivity index (χ1v) is 10.4. The molecule has 0 aliphatic rings. The van der Waals surface area contributed by atoms with Gasteiger partial charge in [0.05, 0.1) is 12.2 Å². The smallest absolute Gasteiger partial charge is 0.220 e. The Morgan fingerprint density at radius 3 is 2.62 bits per heavy atom. The molecular formula is C24H24FN5O2. The van der Waals surface area contributed by atoms with Crippen molar-refractivity contribution < 1.29 is 13.7 Å². The van der Waals surface area contributed by atoms with E-state index in [4.69, 9.17) is 4.52 Å². The largest absolute Gasteiger partial charge is 0.361 e. The molecule has 0 unspecified atom stereocenters. The number of carbonyl (C=O) groups excluding carboxylic acids is 1. The molecule has 4 rings (SSSR count). The van der Waals surface area contributed by atoms with E-state index in [2.05, 4.69) is 20.6 Å². The Balaban J connectivity index is 1.44. The number of amides is 1. The lowest BCUT2D eigenvalue weighted by atomic mass is 10.0. The molecule has 32 heavy (non-hydrogen) atoms. The van der Waals surface area contributed by atoms with Gasteiger partial charge in [-0.05, 0) is 50.1 Å². The minimum Gasteiger partial charge on any atom is -0.361 e. The van der Waals surface area contributed by atoms with E-state index in [1.807, 2.05) is 32.2 Å². The molecule has 0 bridgehead atoms. The van der Waals surface area contributed by atoms with Gasteiger partial charge in [0.25, 0.3) is 0 Å². The monoisotopic (exact) mass is 433 g/mol. The van der Waals surface area contributed by atoms with Crippen LogP contribution in [0.1, 0.15) is 23.4 Å². The van der Waals surface area contributed by atoms with Crippen LogP contribution in [0.25, 0.3) is 22.4 Å². The van der Waals surface area contributed by atoms with E-state index in [0.29, 0.717) is 37.2 Å². The molecule has 1 amide bonds. The number of hydrogen-bond donors (Lipinski definition) is 1. The van der Waals surface area contributed by atoms with Gasteiger partial charge >= 0.3 is 0 Å². The fourth-order valence-corrected chi connectivity index (χ4v) is 3.63. The zero-order chi connectivity index (χ0) is 22.5. The molecule has 3 heterocycles. The number of carbonyl (C=O) groups is 1. The van der Waals surface area contributed by atoms with Crippen LogP contribution in [-0.2, 0) is 17.8 Å². The van der Waals surface area contributed by atoms with Crippen molar-refractivity contribution in [1.82, 2.24) is 25.2 Å². The van der Waals surface area contributed by atoms with Crippen LogP contribution in [0.4, 0.5) is 4.39 Å². The summed E-state index contributed by atoms with van der Waals surface area (Å²) < 4.78 is 21.3. The molecule has 0 aliphatic heterocycles. The zero-order valence-electron chi connectivity index (χ0n) is 18.0. The summed E-state index contributed by atoms with van der Waals surface area (Å²) in [6.45, 7) is 4.59. The Hall–Kier alpha value is -3.81. The first-order chi connectivity index (χ1) is 15.5. The van der Waals surface area contributed by atoms with Crippen LogP contribution in [-0.4, -0.2) is 32.4 Å². The van der Waals surface area contributed by atoms with Gasteiger partial charge in [-0.3, -0.25) is 14.5 Å². The van der Waals surface area contributed by atoms with E-state index < -0.39 is 0 Å². The molecule has 1 N–H and O–H groups in total. The Kier molecular flexibility index (Phi) is 6.39. The molecule has 164 valence electrons. The number of aryl methyl sites for hydroxylation is 2. The van der Waals surface area contributed by atoms with Crippen LogP contribution in [0, 0.1) is 19.7 Å². The minimum atomic E-state index is -0.333. The van der Waals surface area contributed by atoms with Crippen molar-refractivity contribution in [2.24, 2.45) is 0 Å². The average Bonchev–Trinajstić information content (AvgIpc) is 3.36. The van der Waals surface area contributed by atoms with E-state index >= 15 is 0 Å². The standard InChI is InChI=1S/C24H24FN5O2/c1-16-19(17(2)32-29-16)7-8-23(31)27-13-14-30-15-21(18-9-11-26-12-10-18)24(28-30)20-5-3-4-6-22(20)25/h3-6,9-12,15H,7-8,13-14H2,1-2H3,(H,27,31). The van der Waals surface area contributed by atoms with Crippen LogP contribution in [0.5, 0.6) is 0 Å². The van der Waals surface area contributed by atoms with Crippen LogP contribution >= 0.6 is 0 Å². The van der Waals surface area contributed by atoms with Gasteiger partial charge in [-0.1, -0.05) is 17.3 Å². The maximum atomic E-state index is 14.5. The summed E-state index contributed by atoms with van der Waals surface area (Å²) in [7, 11) is 0. The number of rotatable bonds is 8. The molecule has 3 aromatic heterocycles. The second-order valence-electron chi connectivity index (χ2n) is 7.52. The zero-order valence-corrected chi connectivity index (χ0v) is 18.0. The van der Waals surface area contributed by atoms with Gasteiger partial charge in [-0.25, -0.2) is 4.39 Å². The maximum absolute atomic E-state index is 14.5. The number of hydrogen-bond acceptors (Lipinski definition) is 5. The van der Waals surface area contributed by atoms with Crippen LogP contribution in [0.2, 0.25) is 0 Å². The van der Waals surface area contributed by atoms with E-state index in [-0.39, 0.29) is 11.7 Å². The Bertz CT molecular complexity index is 1200. The van der Waals surface area contributed by atoms with Crippen LogP contribution in [0.15, 0.2) is 59.5 Å². The van der Waals surface area contributed by atoms with Gasteiger partial charge in [0, 0.05) is 48.2 Å². The van der Waals surface area contributed by atoms with Gasteiger partial charge in [0.15, 0.2) is 0 Å². The van der Waals surface area contributed by atoms with E-state index in [1.165, 1.54) is 6.07 Å². The number of pyridine rings is 1. The summed E-state index contributed by atoms with van der Waals surface area (Å²) >= 11 is 0. The normalized spacial score (nSPS) is 11.0. The lowest BCUT2D eigenvalue weighted by Gasteiger charge is -2.05. The summed E-state index contributed by atoms with van der Waals surface area (Å²) in [5, 5.41) is 11.4. The fraction of sp³-hybridized carbons (Fsp3) is 0.250. The third-order valence-electron chi connectivity index (χ3n) is 5.33. The topological polar surface area (TPSA) is 85.8 Å². The van der Waals surface area contributed by atoms with Gasteiger partial charge in [-0.2, -0.15) is 5.10 Å². The predicted molar refractivity (Wildman–Crippen MR) is 118 cm³/mol. The lowest BCUT2D eigenvalue weighted by molar-refractivity contribution is -0.121. The van der Waals surface area contributed by atoms with Crippen molar-refractivity contribution in [2.45, 2.75) is 33.2 Å². The third-order valence-corrected chi connectivity index (χ3v) is 5.33. The van der Waals surface area contributed by atoms with Crippen molar-refractivity contribution in [3.8, 4) is 22.4 Å². The summed E-state index contributed by atoms with van der Waals surface area (Å²) in [6, 6.07) is 10.3. The number of aromatic nitrogens is 4. The number of nitrogens with one attached hydrogen (secondary N) is 1. The molecule has 0 saturated carbocycles. The second kappa shape index (κ2) is 9.55. The van der Waals surface area contributed by atoms with E-state index in [0.717, 1.165) is 28.1 Å². The molecule has 0 spiro atoms. The predicted octanol–water partition coefficient (Wildman–Crippen LogP) is 4.11. The maximum Gasteiger partial charge on any atom is 0.220 e. The SMILES string of the molecule is Cc1noc(C)c1CCC(=O)NCCn1cc(-c2ccncc2)c(-c2ccccc2F)n1. The van der Waals surface area contributed by atoms with Crippen molar-refractivity contribution in [3.63, 3.8) is 0 Å². The molecule has 8 heteroatoms. The first kappa shape index (κ1) is 21.4. The van der Waals surface area contributed by atoms with Crippen molar-refractivity contribution in [1.29, 1.82) is 0 Å². The van der Waals surface area contributed by atoms with Gasteiger partial charge < -0.3 is 9.84 Å². The van der Waals surface area contributed by atoms with Gasteiger partial charge in [-0.15, -0.1) is 0 Å². The van der Waals surface area contributed by atoms with Crippen LogP contribution < -0.4 is 5.32 Å². The van der Waals surface area contributed by atoms with Gasteiger partial charge in [0.2, 0.25) is 5.91 Å².